The van der Waals surface area contributed by atoms with Crippen molar-refractivity contribution in [3.05, 3.63) is 88.4 Å². The lowest BCUT2D eigenvalue weighted by Crippen LogP contribution is -2.53. The first-order valence-electron chi connectivity index (χ1n) is 15.7. The maximum Gasteiger partial charge on any atom is 0.408 e. The molecular weight excluding hydrogens is 606 g/mol. The van der Waals surface area contributed by atoms with Gasteiger partial charge < -0.3 is 30.5 Å². The second-order valence-electron chi connectivity index (χ2n) is 12.4. The second kappa shape index (κ2) is 16.9. The topological polar surface area (TPSA) is 128 Å². The van der Waals surface area contributed by atoms with Gasteiger partial charge in [-0.2, -0.15) is 0 Å². The Hall–Kier alpha value is -4.24. The maximum atomic E-state index is 14.7. The summed E-state index contributed by atoms with van der Waals surface area (Å²) in [5.41, 5.74) is 1.42. The first kappa shape index (κ1) is 36.2. The number of nitrogens with zero attached hydrogens (tertiary/aromatic N) is 1. The van der Waals surface area contributed by atoms with E-state index in [9.17, 15) is 24.6 Å². The molecule has 2 atom stereocenters. The minimum absolute atomic E-state index is 0.0629. The van der Waals surface area contributed by atoms with Gasteiger partial charge in [-0.05, 0) is 81.1 Å². The van der Waals surface area contributed by atoms with E-state index in [4.69, 9.17) is 16.3 Å². The van der Waals surface area contributed by atoms with Crippen LogP contribution < -0.4 is 10.6 Å². The number of nitrogens with one attached hydrogen (secondary N) is 2. The van der Waals surface area contributed by atoms with E-state index in [1.807, 2.05) is 13.0 Å². The average Bonchev–Trinajstić information content (AvgIpc) is 2.98. The number of anilines is 1. The smallest absolute Gasteiger partial charge is 0.408 e. The van der Waals surface area contributed by atoms with E-state index in [1.165, 1.54) is 29.2 Å². The Morgan fingerprint density at radius 3 is 2.22 bits per heavy atom. The van der Waals surface area contributed by atoms with Crippen molar-refractivity contribution in [2.75, 3.05) is 11.9 Å². The van der Waals surface area contributed by atoms with Crippen molar-refractivity contribution in [1.82, 2.24) is 10.2 Å². The van der Waals surface area contributed by atoms with Crippen LogP contribution in [0.5, 0.6) is 11.5 Å². The zero-order valence-corrected chi connectivity index (χ0v) is 28.1. The highest BCUT2D eigenvalue weighted by atomic mass is 35.5. The molecule has 3 amide bonds. The Bertz CT molecular complexity index is 1450. The summed E-state index contributed by atoms with van der Waals surface area (Å²) in [5, 5.41) is 26.2. The maximum absolute atomic E-state index is 14.7. The third kappa shape index (κ3) is 11.0. The van der Waals surface area contributed by atoms with E-state index in [0.717, 1.165) is 31.2 Å². The Labute approximate surface area is 276 Å². The number of amides is 3. The predicted octanol–water partition coefficient (Wildman–Crippen LogP) is 7.67. The number of aryl methyl sites for hydroxylation is 1. The van der Waals surface area contributed by atoms with Crippen LogP contribution in [0.15, 0.2) is 66.7 Å². The molecule has 0 radical (unpaired) electrons. The lowest BCUT2D eigenvalue weighted by Gasteiger charge is -2.35. The number of unbranched alkanes of at least 4 members (excludes halogenated alkanes) is 4. The highest BCUT2D eigenvalue weighted by Gasteiger charge is 2.37. The molecule has 3 rings (SSSR count). The highest BCUT2D eigenvalue weighted by Crippen LogP contribution is 2.31. The second-order valence-corrected chi connectivity index (χ2v) is 12.8. The lowest BCUT2D eigenvalue weighted by atomic mass is 9.99. The van der Waals surface area contributed by atoms with Gasteiger partial charge in [-0.1, -0.05) is 80.6 Å². The summed E-state index contributed by atoms with van der Waals surface area (Å²) < 4.78 is 5.51. The monoisotopic (exact) mass is 651 g/mol. The minimum Gasteiger partial charge on any atom is -0.508 e. The fourth-order valence-corrected chi connectivity index (χ4v) is 5.39. The summed E-state index contributed by atoms with van der Waals surface area (Å²) in [7, 11) is 0. The van der Waals surface area contributed by atoms with E-state index in [0.29, 0.717) is 28.3 Å². The van der Waals surface area contributed by atoms with Crippen molar-refractivity contribution in [2.24, 2.45) is 0 Å². The fourth-order valence-electron chi connectivity index (χ4n) is 5.12. The van der Waals surface area contributed by atoms with Crippen LogP contribution in [0, 0.1) is 6.92 Å². The molecule has 0 fully saturated rings. The highest BCUT2D eigenvalue weighted by molar-refractivity contribution is 6.34. The molecule has 3 aromatic carbocycles. The van der Waals surface area contributed by atoms with Crippen molar-refractivity contribution in [1.29, 1.82) is 0 Å². The molecule has 0 saturated carbocycles. The van der Waals surface area contributed by atoms with Gasteiger partial charge in [0.25, 0.3) is 5.91 Å². The van der Waals surface area contributed by atoms with Crippen molar-refractivity contribution in [3.63, 3.8) is 0 Å². The van der Waals surface area contributed by atoms with Gasteiger partial charge in [0.1, 0.15) is 29.2 Å². The molecule has 0 bridgehead atoms. The van der Waals surface area contributed by atoms with Crippen LogP contribution in [0.2, 0.25) is 5.02 Å². The third-order valence-corrected chi connectivity index (χ3v) is 7.68. The van der Waals surface area contributed by atoms with E-state index < -0.39 is 35.6 Å². The molecule has 0 aliphatic carbocycles. The Balaban J connectivity index is 2.10. The molecule has 0 aliphatic rings. The number of aromatic hydroxyl groups is 2. The summed E-state index contributed by atoms with van der Waals surface area (Å²) in [4.78, 5) is 43.4. The van der Waals surface area contributed by atoms with Gasteiger partial charge in [0, 0.05) is 13.0 Å². The van der Waals surface area contributed by atoms with Gasteiger partial charge in [-0.15, -0.1) is 0 Å². The molecule has 0 aliphatic heterocycles. The molecular formula is C36H46ClN3O6. The molecule has 0 saturated heterocycles. The standard InChI is InChI=1S/C36H46ClN3O6/c1-6-7-8-9-10-21-40(34(44)30(38-35(45)46-36(3,4)5)22-25-17-19-27(41)20-18-25)32(26-14-12-15-28(42)23-26)33(43)39-31-24(2)13-11-16-29(31)37/h11-20,23,30,32,41-42H,6-10,21-22H2,1-5H3,(H,38,45)(H,39,43). The molecule has 3 aromatic rings. The van der Waals surface area contributed by atoms with Gasteiger partial charge in [-0.3, -0.25) is 9.59 Å². The molecule has 2 unspecified atom stereocenters. The predicted molar refractivity (Wildman–Crippen MR) is 181 cm³/mol. The minimum atomic E-state index is -1.18. The summed E-state index contributed by atoms with van der Waals surface area (Å²) >= 11 is 6.47. The molecule has 4 N–H and O–H groups in total. The van der Waals surface area contributed by atoms with Crippen LogP contribution in [0.1, 0.15) is 82.5 Å². The number of carbonyl (C=O) groups is 3. The van der Waals surface area contributed by atoms with Crippen molar-refractivity contribution >= 4 is 35.2 Å². The van der Waals surface area contributed by atoms with Crippen LogP contribution >= 0.6 is 11.6 Å². The van der Waals surface area contributed by atoms with Crippen LogP contribution in [-0.4, -0.2) is 51.2 Å². The molecule has 10 heteroatoms. The quantitative estimate of drug-likeness (QED) is 0.132. The number of benzene rings is 3. The molecule has 0 heterocycles. The van der Waals surface area contributed by atoms with E-state index in [1.54, 1.807) is 57.2 Å². The van der Waals surface area contributed by atoms with Gasteiger partial charge >= 0.3 is 6.09 Å². The number of carbonyl (C=O) groups excluding carboxylic acids is 3. The van der Waals surface area contributed by atoms with Crippen molar-refractivity contribution in [2.45, 2.75) is 90.8 Å². The van der Waals surface area contributed by atoms with Gasteiger partial charge in [0.2, 0.25) is 5.91 Å². The molecule has 0 spiro atoms. The van der Waals surface area contributed by atoms with Crippen molar-refractivity contribution < 1.29 is 29.3 Å². The average molecular weight is 652 g/mol. The molecule has 46 heavy (non-hydrogen) atoms. The zero-order chi connectivity index (χ0) is 33.9. The number of ether oxygens (including phenoxy) is 1. The molecule has 9 nitrogen and oxygen atoms in total. The summed E-state index contributed by atoms with van der Waals surface area (Å²) in [6.45, 7) is 9.33. The Kier molecular flexibility index (Phi) is 13.3. The van der Waals surface area contributed by atoms with E-state index >= 15 is 0 Å². The lowest BCUT2D eigenvalue weighted by molar-refractivity contribution is -0.140. The first-order chi connectivity index (χ1) is 21.8. The van der Waals surface area contributed by atoms with Crippen LogP contribution in [-0.2, 0) is 20.7 Å². The zero-order valence-electron chi connectivity index (χ0n) is 27.3. The number of alkyl carbamates (subject to hydrolysis) is 1. The Morgan fingerprint density at radius 1 is 0.913 bits per heavy atom. The summed E-state index contributed by atoms with van der Waals surface area (Å²) in [6, 6.07) is 15.6. The number of halogens is 1. The number of hydrogen-bond acceptors (Lipinski definition) is 6. The number of phenolic OH excluding ortho intramolecular Hbond substituents is 2. The first-order valence-corrected chi connectivity index (χ1v) is 16.1. The number of rotatable bonds is 14. The van der Waals surface area contributed by atoms with E-state index in [-0.39, 0.29) is 24.5 Å². The summed E-state index contributed by atoms with van der Waals surface area (Å²) in [6.07, 6.45) is 3.78. The van der Waals surface area contributed by atoms with Crippen LogP contribution in [0.4, 0.5) is 10.5 Å². The Morgan fingerprint density at radius 2 is 1.59 bits per heavy atom. The van der Waals surface area contributed by atoms with Crippen LogP contribution in [0.25, 0.3) is 0 Å². The van der Waals surface area contributed by atoms with Crippen molar-refractivity contribution in [3.8, 4) is 11.5 Å². The number of para-hydroxylation sites is 1. The number of phenols is 2. The van der Waals surface area contributed by atoms with Gasteiger partial charge in [0.15, 0.2) is 0 Å². The normalized spacial score (nSPS) is 12.6. The fraction of sp³-hybridized carbons (Fsp3) is 0.417. The summed E-state index contributed by atoms with van der Waals surface area (Å²) in [5.74, 6) is -1.03. The molecule has 0 aromatic heterocycles. The van der Waals surface area contributed by atoms with E-state index in [2.05, 4.69) is 17.6 Å². The van der Waals surface area contributed by atoms with Crippen LogP contribution in [0.3, 0.4) is 0 Å². The SMILES string of the molecule is CCCCCCCN(C(=O)C(Cc1ccc(O)cc1)NC(=O)OC(C)(C)C)C(C(=O)Nc1c(C)cccc1Cl)c1cccc(O)c1. The largest absolute Gasteiger partial charge is 0.508 e. The molecule has 248 valence electrons. The number of hydrogen-bond donors (Lipinski definition) is 4. The van der Waals surface area contributed by atoms with Gasteiger partial charge in [-0.25, -0.2) is 4.79 Å². The third-order valence-electron chi connectivity index (χ3n) is 7.37. The van der Waals surface area contributed by atoms with Gasteiger partial charge in [0.05, 0.1) is 10.7 Å².